The van der Waals surface area contributed by atoms with Gasteiger partial charge in [-0.15, -0.1) is 0 Å². The molecule has 0 aromatic rings. The zero-order valence-electron chi connectivity index (χ0n) is 37.3. The number of hydrogen-bond donors (Lipinski definition) is 6. The Balaban J connectivity index is 2.37. The van der Waals surface area contributed by atoms with Gasteiger partial charge >= 0.3 is 0 Å². The van der Waals surface area contributed by atoms with Gasteiger partial charge in [0.1, 0.15) is 24.4 Å². The molecule has 342 valence electrons. The predicted molar refractivity (Wildman–Crippen MR) is 253 cm³/mol. The second-order valence-electron chi connectivity index (χ2n) is 15.1. The Labute approximate surface area is 369 Å². The van der Waals surface area contributed by atoms with E-state index >= 15 is 0 Å². The summed E-state index contributed by atoms with van der Waals surface area (Å²) in [7, 11) is 0. The van der Waals surface area contributed by atoms with Crippen LogP contribution >= 0.6 is 0 Å². The smallest absolute Gasteiger partial charge is 0.220 e. The fourth-order valence-corrected chi connectivity index (χ4v) is 6.03. The lowest BCUT2D eigenvalue weighted by Crippen LogP contribution is -2.60. The Morgan fingerprint density at radius 3 is 1.49 bits per heavy atom. The highest BCUT2D eigenvalue weighted by Crippen LogP contribution is 2.22. The molecule has 9 nitrogen and oxygen atoms in total. The molecular formula is C52H81NO8. The van der Waals surface area contributed by atoms with E-state index in [2.05, 4.69) is 141 Å². The van der Waals surface area contributed by atoms with E-state index in [4.69, 9.17) is 9.47 Å². The molecule has 7 atom stereocenters. The zero-order valence-corrected chi connectivity index (χ0v) is 37.3. The maximum Gasteiger partial charge on any atom is 0.220 e. The highest BCUT2D eigenvalue weighted by molar-refractivity contribution is 5.76. The van der Waals surface area contributed by atoms with Crippen LogP contribution in [0.15, 0.2) is 134 Å². The van der Waals surface area contributed by atoms with Crippen LogP contribution in [-0.2, 0) is 14.3 Å². The summed E-state index contributed by atoms with van der Waals surface area (Å²) in [6.07, 6.45) is 55.0. The third-order valence-electron chi connectivity index (χ3n) is 9.67. The summed E-state index contributed by atoms with van der Waals surface area (Å²) in [4.78, 5) is 12.9. The second-order valence-corrected chi connectivity index (χ2v) is 15.1. The van der Waals surface area contributed by atoms with E-state index in [1.165, 1.54) is 0 Å². The number of nitrogens with one attached hydrogen (secondary N) is 1. The van der Waals surface area contributed by atoms with Gasteiger partial charge in [-0.3, -0.25) is 4.79 Å². The molecule has 7 unspecified atom stereocenters. The van der Waals surface area contributed by atoms with Crippen LogP contribution < -0.4 is 5.32 Å². The molecule has 1 rings (SSSR count). The molecule has 61 heavy (non-hydrogen) atoms. The lowest BCUT2D eigenvalue weighted by molar-refractivity contribution is -0.302. The lowest BCUT2D eigenvalue weighted by Gasteiger charge is -2.40. The summed E-state index contributed by atoms with van der Waals surface area (Å²) >= 11 is 0. The van der Waals surface area contributed by atoms with Crippen molar-refractivity contribution < 1.29 is 39.8 Å². The first-order valence-corrected chi connectivity index (χ1v) is 22.9. The van der Waals surface area contributed by atoms with Gasteiger partial charge in [0.2, 0.25) is 5.91 Å². The summed E-state index contributed by atoms with van der Waals surface area (Å²) in [5.74, 6) is -0.243. The van der Waals surface area contributed by atoms with Crippen LogP contribution in [0.25, 0.3) is 0 Å². The molecule has 0 aliphatic carbocycles. The minimum absolute atomic E-state index is 0.234. The van der Waals surface area contributed by atoms with Gasteiger partial charge in [0, 0.05) is 6.42 Å². The van der Waals surface area contributed by atoms with Crippen molar-refractivity contribution in [2.75, 3.05) is 13.2 Å². The quantitative estimate of drug-likeness (QED) is 0.0273. The van der Waals surface area contributed by atoms with Crippen molar-refractivity contribution in [3.63, 3.8) is 0 Å². The van der Waals surface area contributed by atoms with Crippen molar-refractivity contribution in [3.05, 3.63) is 134 Å². The third-order valence-corrected chi connectivity index (χ3v) is 9.67. The van der Waals surface area contributed by atoms with Gasteiger partial charge in [0.25, 0.3) is 0 Å². The molecule has 1 amide bonds. The van der Waals surface area contributed by atoms with Crippen LogP contribution in [0.1, 0.15) is 129 Å². The molecule has 1 saturated heterocycles. The standard InChI is InChI=1S/C52H81NO8/c1-3-5-7-9-11-13-15-16-17-18-19-20-21-22-23-24-25-26-27-28-29-30-32-34-36-38-40-42-48(56)53-45(44-60-52-51(59)50(58)49(57)47(43-54)61-52)46(55)41-39-37-35-33-31-14-12-10-8-6-4-2/h5,7-8,10-11,13,16-17,19-20,22-23,25-26,28-29,31-34,39,41,45-47,49-52,54-55,57-59H,3-4,6,9,12,14-15,18,21,24,27,30,35-38,40,42-44H2,1-2H3,(H,53,56)/b7-5-,10-8+,13-11-,17-16-,20-19-,23-22-,26-25-,29-28-,33-31+,34-32-,41-39+. The Bertz CT molecular complexity index is 1400. The number of unbranched alkanes of at least 4 members (excludes halogenated alkanes) is 5. The first kappa shape index (κ1) is 55.3. The van der Waals surface area contributed by atoms with E-state index in [-0.39, 0.29) is 18.9 Å². The van der Waals surface area contributed by atoms with Crippen LogP contribution in [0.3, 0.4) is 0 Å². The Hall–Kier alpha value is -3.67. The molecule has 1 aliphatic heterocycles. The minimum atomic E-state index is -1.59. The largest absolute Gasteiger partial charge is 0.394 e. The summed E-state index contributed by atoms with van der Waals surface area (Å²) in [5, 5.41) is 54.0. The van der Waals surface area contributed by atoms with Crippen molar-refractivity contribution in [1.29, 1.82) is 0 Å². The SMILES string of the molecule is CC/C=C\C/C=C\C/C=C\C/C=C\C/C=C\C/C=C\C/C=C\C/C=C\CCCCC(=O)NC(COC1OC(CO)C(O)C(O)C1O)C(O)/C=C/CC/C=C/CC/C=C/CCC. The number of carbonyl (C=O) groups is 1. The summed E-state index contributed by atoms with van der Waals surface area (Å²) in [6, 6.07) is -0.860. The molecule has 0 aromatic carbocycles. The first-order chi connectivity index (χ1) is 29.8. The first-order valence-electron chi connectivity index (χ1n) is 22.9. The molecular weight excluding hydrogens is 767 g/mol. The predicted octanol–water partition coefficient (Wildman–Crippen LogP) is 9.83. The number of allylic oxidation sites excluding steroid dienone is 21. The molecule has 0 saturated carbocycles. The van der Waals surface area contributed by atoms with Gasteiger partial charge in [-0.1, -0.05) is 154 Å². The Morgan fingerprint density at radius 2 is 1.02 bits per heavy atom. The highest BCUT2D eigenvalue weighted by Gasteiger charge is 2.44. The third kappa shape index (κ3) is 30.9. The number of rotatable bonds is 35. The van der Waals surface area contributed by atoms with Gasteiger partial charge in [-0.2, -0.15) is 0 Å². The Morgan fingerprint density at radius 1 is 0.574 bits per heavy atom. The number of hydrogen-bond acceptors (Lipinski definition) is 8. The molecule has 0 spiro atoms. The van der Waals surface area contributed by atoms with E-state index in [0.717, 1.165) is 96.3 Å². The maximum absolute atomic E-state index is 12.9. The van der Waals surface area contributed by atoms with Gasteiger partial charge in [-0.25, -0.2) is 0 Å². The number of carbonyl (C=O) groups excluding carboxylic acids is 1. The second kappa shape index (κ2) is 40.4. The zero-order chi connectivity index (χ0) is 44.4. The van der Waals surface area contributed by atoms with Crippen molar-refractivity contribution in [2.45, 2.75) is 172 Å². The number of aliphatic hydroxyl groups is 5. The van der Waals surface area contributed by atoms with Crippen molar-refractivity contribution >= 4 is 5.91 Å². The van der Waals surface area contributed by atoms with Crippen LogP contribution in [-0.4, -0.2) is 87.5 Å². The molecule has 1 heterocycles. The topological polar surface area (TPSA) is 149 Å². The number of ether oxygens (including phenoxy) is 2. The van der Waals surface area contributed by atoms with Gasteiger partial charge in [0.15, 0.2) is 6.29 Å². The molecule has 1 fully saturated rings. The number of amides is 1. The van der Waals surface area contributed by atoms with Crippen LogP contribution in [0.2, 0.25) is 0 Å². The van der Waals surface area contributed by atoms with Crippen molar-refractivity contribution in [1.82, 2.24) is 5.32 Å². The monoisotopic (exact) mass is 848 g/mol. The Kier molecular flexibility index (Phi) is 36.7. The lowest BCUT2D eigenvalue weighted by atomic mass is 9.99. The molecule has 0 aromatic heterocycles. The molecule has 0 bridgehead atoms. The van der Waals surface area contributed by atoms with Gasteiger partial charge < -0.3 is 40.3 Å². The van der Waals surface area contributed by atoms with Crippen LogP contribution in [0, 0.1) is 0 Å². The average molecular weight is 848 g/mol. The summed E-state index contributed by atoms with van der Waals surface area (Å²) in [6.45, 7) is 3.49. The maximum atomic E-state index is 12.9. The van der Waals surface area contributed by atoms with Crippen LogP contribution in [0.4, 0.5) is 0 Å². The normalized spacial score (nSPS) is 21.7. The fourth-order valence-electron chi connectivity index (χ4n) is 6.03. The van der Waals surface area contributed by atoms with E-state index in [9.17, 15) is 30.3 Å². The van der Waals surface area contributed by atoms with E-state index in [0.29, 0.717) is 12.8 Å². The van der Waals surface area contributed by atoms with E-state index in [1.807, 2.05) is 6.08 Å². The van der Waals surface area contributed by atoms with Crippen molar-refractivity contribution in [3.8, 4) is 0 Å². The molecule has 1 aliphatic rings. The van der Waals surface area contributed by atoms with Crippen molar-refractivity contribution in [2.24, 2.45) is 0 Å². The minimum Gasteiger partial charge on any atom is -0.394 e. The van der Waals surface area contributed by atoms with E-state index in [1.54, 1.807) is 6.08 Å². The van der Waals surface area contributed by atoms with E-state index < -0.39 is 49.5 Å². The fraction of sp³-hybridized carbons (Fsp3) is 0.558. The molecule has 6 N–H and O–H groups in total. The molecule has 0 radical (unpaired) electrons. The molecule has 9 heteroatoms. The summed E-state index contributed by atoms with van der Waals surface area (Å²) < 4.78 is 11.1. The highest BCUT2D eigenvalue weighted by atomic mass is 16.7. The average Bonchev–Trinajstić information content (AvgIpc) is 3.26. The summed E-state index contributed by atoms with van der Waals surface area (Å²) in [5.41, 5.74) is 0. The van der Waals surface area contributed by atoms with Gasteiger partial charge in [0.05, 0.1) is 25.4 Å². The number of aliphatic hydroxyl groups excluding tert-OH is 5. The van der Waals surface area contributed by atoms with Crippen LogP contribution in [0.5, 0.6) is 0 Å². The van der Waals surface area contributed by atoms with Gasteiger partial charge in [-0.05, 0) is 103 Å².